The number of carbonyl (C=O) groups is 1. The van der Waals surface area contributed by atoms with Crippen molar-refractivity contribution in [3.63, 3.8) is 0 Å². The van der Waals surface area contributed by atoms with Crippen LogP contribution in [0, 0.1) is 5.92 Å². The van der Waals surface area contributed by atoms with E-state index < -0.39 is 24.9 Å². The second-order valence-electron chi connectivity index (χ2n) is 8.20. The number of ether oxygens (including phenoxy) is 1. The Kier molecular flexibility index (Phi) is 7.32. The van der Waals surface area contributed by atoms with Crippen LogP contribution in [0.1, 0.15) is 44.1 Å². The summed E-state index contributed by atoms with van der Waals surface area (Å²) in [6.45, 7) is 3.56. The molecule has 2 fully saturated rings. The molecule has 0 N–H and O–H groups in total. The van der Waals surface area contributed by atoms with Crippen molar-refractivity contribution in [2.45, 2.75) is 57.3 Å². The Morgan fingerprint density at radius 2 is 1.97 bits per heavy atom. The van der Waals surface area contributed by atoms with Gasteiger partial charge >= 0.3 is 6.18 Å². The fourth-order valence-electron chi connectivity index (χ4n) is 3.95. The molecular weight excluding hydrogens is 405 g/mol. The van der Waals surface area contributed by atoms with Gasteiger partial charge in [-0.25, -0.2) is 0 Å². The largest absolute Gasteiger partial charge is 0.490 e. The minimum Gasteiger partial charge on any atom is -0.490 e. The molecule has 8 heteroatoms. The number of alkyl halides is 3. The summed E-state index contributed by atoms with van der Waals surface area (Å²) in [5, 5.41) is 0.709. The van der Waals surface area contributed by atoms with Gasteiger partial charge < -0.3 is 9.64 Å². The van der Waals surface area contributed by atoms with E-state index in [1.807, 2.05) is 18.2 Å². The Hall–Kier alpha value is -1.47. The third-order valence-corrected chi connectivity index (χ3v) is 6.04. The maximum absolute atomic E-state index is 12.2. The maximum Gasteiger partial charge on any atom is 0.389 e. The SMILES string of the molecule is CN(CC1CC(Oc2ccc(CN3CCCC3)c(Cl)c2)C1)C(=O)CCC(F)(F)F. The van der Waals surface area contributed by atoms with Gasteiger partial charge in [0.05, 0.1) is 12.5 Å². The molecule has 1 aliphatic heterocycles. The molecule has 3 rings (SSSR count). The zero-order valence-corrected chi connectivity index (χ0v) is 17.4. The minimum absolute atomic E-state index is 0.0548. The number of carbonyl (C=O) groups excluding carboxylic acids is 1. The summed E-state index contributed by atoms with van der Waals surface area (Å²) in [5.74, 6) is 0.523. The summed E-state index contributed by atoms with van der Waals surface area (Å²) >= 11 is 6.42. The van der Waals surface area contributed by atoms with Crippen molar-refractivity contribution in [2.75, 3.05) is 26.7 Å². The normalized spacial score (nSPS) is 22.4. The predicted molar refractivity (Wildman–Crippen MR) is 106 cm³/mol. The van der Waals surface area contributed by atoms with E-state index in [-0.39, 0.29) is 12.0 Å². The van der Waals surface area contributed by atoms with Gasteiger partial charge in [0.1, 0.15) is 5.75 Å². The van der Waals surface area contributed by atoms with Crippen LogP contribution in [0.5, 0.6) is 5.75 Å². The second-order valence-corrected chi connectivity index (χ2v) is 8.61. The van der Waals surface area contributed by atoms with Crippen LogP contribution in [-0.4, -0.2) is 54.7 Å². The average Bonchev–Trinajstić information content (AvgIpc) is 3.12. The van der Waals surface area contributed by atoms with Gasteiger partial charge in [-0.2, -0.15) is 13.2 Å². The van der Waals surface area contributed by atoms with Gasteiger partial charge in [0.2, 0.25) is 5.91 Å². The summed E-state index contributed by atoms with van der Waals surface area (Å²) in [7, 11) is 1.56. The first kappa shape index (κ1) is 22.2. The molecular formula is C21H28ClF3N2O2. The number of hydrogen-bond donors (Lipinski definition) is 0. The summed E-state index contributed by atoms with van der Waals surface area (Å²) in [6, 6.07) is 5.81. The van der Waals surface area contributed by atoms with Gasteiger partial charge in [0, 0.05) is 31.6 Å². The van der Waals surface area contributed by atoms with Crippen molar-refractivity contribution >= 4 is 17.5 Å². The van der Waals surface area contributed by atoms with Crippen LogP contribution in [0.4, 0.5) is 13.2 Å². The van der Waals surface area contributed by atoms with Gasteiger partial charge in [-0.15, -0.1) is 0 Å². The lowest BCUT2D eigenvalue weighted by Crippen LogP contribution is -2.42. The summed E-state index contributed by atoms with van der Waals surface area (Å²) in [5.41, 5.74) is 1.10. The van der Waals surface area contributed by atoms with Crippen LogP contribution in [0.3, 0.4) is 0 Å². The van der Waals surface area contributed by atoms with E-state index in [0.717, 1.165) is 43.8 Å². The van der Waals surface area contributed by atoms with Crippen LogP contribution in [0.25, 0.3) is 0 Å². The number of rotatable bonds is 8. The van der Waals surface area contributed by atoms with Crippen molar-refractivity contribution in [3.8, 4) is 5.75 Å². The van der Waals surface area contributed by atoms with E-state index in [1.54, 1.807) is 7.05 Å². The highest BCUT2D eigenvalue weighted by molar-refractivity contribution is 6.31. The third kappa shape index (κ3) is 6.78. The molecule has 4 nitrogen and oxygen atoms in total. The second kappa shape index (κ2) is 9.56. The Bertz CT molecular complexity index is 702. The maximum atomic E-state index is 12.2. The summed E-state index contributed by atoms with van der Waals surface area (Å²) < 4.78 is 42.7. The van der Waals surface area contributed by atoms with E-state index in [9.17, 15) is 18.0 Å². The highest BCUT2D eigenvalue weighted by Gasteiger charge is 2.33. The molecule has 29 heavy (non-hydrogen) atoms. The highest BCUT2D eigenvalue weighted by atomic mass is 35.5. The molecule has 1 aliphatic carbocycles. The zero-order chi connectivity index (χ0) is 21.0. The molecule has 2 aliphatic rings. The molecule has 162 valence electrons. The molecule has 1 saturated heterocycles. The van der Waals surface area contributed by atoms with Gasteiger partial charge in [0.25, 0.3) is 0 Å². The Balaban J connectivity index is 1.39. The molecule has 0 aromatic heterocycles. The van der Waals surface area contributed by atoms with Gasteiger partial charge in [-0.05, 0) is 62.4 Å². The highest BCUT2D eigenvalue weighted by Crippen LogP contribution is 2.34. The van der Waals surface area contributed by atoms with Crippen molar-refractivity contribution in [1.82, 2.24) is 9.80 Å². The number of hydrogen-bond acceptors (Lipinski definition) is 3. The minimum atomic E-state index is -4.29. The van der Waals surface area contributed by atoms with Crippen LogP contribution in [0.15, 0.2) is 18.2 Å². The lowest BCUT2D eigenvalue weighted by molar-refractivity contribution is -0.149. The predicted octanol–water partition coefficient (Wildman–Crippen LogP) is 4.89. The number of benzene rings is 1. The summed E-state index contributed by atoms with van der Waals surface area (Å²) in [4.78, 5) is 15.6. The Morgan fingerprint density at radius 3 is 2.59 bits per heavy atom. The first-order valence-corrected chi connectivity index (χ1v) is 10.6. The van der Waals surface area contributed by atoms with Crippen molar-refractivity contribution in [1.29, 1.82) is 0 Å². The fraction of sp³-hybridized carbons (Fsp3) is 0.667. The molecule has 0 spiro atoms. The molecule has 1 saturated carbocycles. The number of amides is 1. The number of nitrogens with zero attached hydrogens (tertiary/aromatic N) is 2. The van der Waals surface area contributed by atoms with Crippen molar-refractivity contribution in [2.24, 2.45) is 5.92 Å². The van der Waals surface area contributed by atoms with Gasteiger partial charge in [-0.1, -0.05) is 17.7 Å². The lowest BCUT2D eigenvalue weighted by Gasteiger charge is -2.37. The first-order valence-electron chi connectivity index (χ1n) is 10.2. The standard InChI is InChI=1S/C21H28ClF3N2O2/c1-26(20(28)6-7-21(23,24)25)13-15-10-18(11-15)29-17-5-4-16(19(22)12-17)14-27-8-2-3-9-27/h4-5,12,15,18H,2-3,6-11,13-14H2,1H3. The van der Waals surface area contributed by atoms with E-state index in [0.29, 0.717) is 11.6 Å². The molecule has 0 bridgehead atoms. The Morgan fingerprint density at radius 1 is 1.28 bits per heavy atom. The lowest BCUT2D eigenvalue weighted by atomic mass is 9.82. The molecule has 1 aromatic carbocycles. The molecule has 1 amide bonds. The quantitative estimate of drug-likeness (QED) is 0.586. The average molecular weight is 433 g/mol. The Labute approximate surface area is 174 Å². The monoisotopic (exact) mass is 432 g/mol. The van der Waals surface area contributed by atoms with E-state index in [1.165, 1.54) is 17.7 Å². The zero-order valence-electron chi connectivity index (χ0n) is 16.7. The van der Waals surface area contributed by atoms with Crippen molar-refractivity contribution in [3.05, 3.63) is 28.8 Å². The fourth-order valence-corrected chi connectivity index (χ4v) is 4.18. The molecule has 0 radical (unpaired) electrons. The van der Waals surface area contributed by atoms with Gasteiger partial charge in [0.15, 0.2) is 0 Å². The molecule has 1 aromatic rings. The molecule has 0 atom stereocenters. The third-order valence-electron chi connectivity index (χ3n) is 5.69. The smallest absolute Gasteiger partial charge is 0.389 e. The number of likely N-dealkylation sites (tertiary alicyclic amines) is 1. The first-order chi connectivity index (χ1) is 13.7. The van der Waals surface area contributed by atoms with Crippen LogP contribution < -0.4 is 4.74 Å². The molecule has 0 unspecified atom stereocenters. The van der Waals surface area contributed by atoms with E-state index in [4.69, 9.17) is 16.3 Å². The molecule has 1 heterocycles. The topological polar surface area (TPSA) is 32.8 Å². The van der Waals surface area contributed by atoms with Crippen molar-refractivity contribution < 1.29 is 22.7 Å². The van der Waals surface area contributed by atoms with E-state index in [2.05, 4.69) is 4.90 Å². The van der Waals surface area contributed by atoms with Crippen LogP contribution in [-0.2, 0) is 11.3 Å². The van der Waals surface area contributed by atoms with E-state index >= 15 is 0 Å². The van der Waals surface area contributed by atoms with Crippen LogP contribution >= 0.6 is 11.6 Å². The van der Waals surface area contributed by atoms with Crippen LogP contribution in [0.2, 0.25) is 5.02 Å². The van der Waals surface area contributed by atoms with Gasteiger partial charge in [-0.3, -0.25) is 9.69 Å². The summed E-state index contributed by atoms with van der Waals surface area (Å²) in [6.07, 6.45) is -1.75. The number of halogens is 4.